The molecule has 0 bridgehead atoms. The minimum absolute atomic E-state index is 0.136. The molecule has 19 heavy (non-hydrogen) atoms. The maximum Gasteiger partial charge on any atom is 0.340 e. The zero-order chi connectivity index (χ0) is 14.6. The predicted molar refractivity (Wildman–Crippen MR) is 72.8 cm³/mol. The van der Waals surface area contributed by atoms with E-state index in [0.717, 1.165) is 0 Å². The molecule has 0 unspecified atom stereocenters. The Hall–Kier alpha value is -2.17. The molecule has 5 heteroatoms. The molecule has 1 aromatic rings. The smallest absolute Gasteiger partial charge is 0.340 e. The number of allylic oxidation sites excluding steroid dienone is 2. The van der Waals surface area contributed by atoms with Crippen LogP contribution in [-0.4, -0.2) is 25.8 Å². The van der Waals surface area contributed by atoms with E-state index in [-0.39, 0.29) is 16.8 Å². The summed E-state index contributed by atoms with van der Waals surface area (Å²) in [6, 6.07) is 4.46. The molecule has 2 N–H and O–H groups in total. The van der Waals surface area contributed by atoms with E-state index in [2.05, 4.69) is 10.1 Å². The summed E-state index contributed by atoms with van der Waals surface area (Å²) in [5, 5.41) is 10.7. The Morgan fingerprint density at radius 1 is 1.32 bits per heavy atom. The lowest BCUT2D eigenvalue weighted by molar-refractivity contribution is 0.0595. The average Bonchev–Trinajstić information content (AvgIpc) is 2.39. The summed E-state index contributed by atoms with van der Waals surface area (Å²) in [5.41, 5.74) is 1.39. The molecule has 0 atom stereocenters. The van der Waals surface area contributed by atoms with Gasteiger partial charge in [-0.3, -0.25) is 0 Å². The number of benzene rings is 1. The standard InChI is InChI=1S/C14H17FN2O2/c1-8(16)12(9(2)17-3)10-6-5-7-11(13(10)15)14(18)19-4/h5-7,16-17H,1-4H3/b12-9+,16-8?. The van der Waals surface area contributed by atoms with Gasteiger partial charge >= 0.3 is 5.97 Å². The third kappa shape index (κ3) is 2.99. The summed E-state index contributed by atoms with van der Waals surface area (Å²) in [4.78, 5) is 11.5. The number of rotatable bonds is 4. The minimum atomic E-state index is -0.733. The normalized spacial score (nSPS) is 11.6. The molecule has 0 saturated carbocycles. The number of carbonyl (C=O) groups excluding carboxylic acids is 1. The maximum absolute atomic E-state index is 14.4. The lowest BCUT2D eigenvalue weighted by Crippen LogP contribution is -2.13. The average molecular weight is 264 g/mol. The Morgan fingerprint density at radius 3 is 2.37 bits per heavy atom. The molecule has 4 nitrogen and oxygen atoms in total. The molecule has 0 amide bonds. The molecule has 0 saturated heterocycles. The van der Waals surface area contributed by atoms with Gasteiger partial charge in [0.1, 0.15) is 5.82 Å². The first kappa shape index (κ1) is 14.9. The summed E-state index contributed by atoms with van der Waals surface area (Å²) in [6.07, 6.45) is 0. The zero-order valence-corrected chi connectivity index (χ0v) is 11.4. The molecule has 1 rings (SSSR count). The number of carbonyl (C=O) groups is 1. The molecule has 0 radical (unpaired) electrons. The highest BCUT2D eigenvalue weighted by Crippen LogP contribution is 2.24. The van der Waals surface area contributed by atoms with Gasteiger partial charge in [-0.2, -0.15) is 0 Å². The van der Waals surface area contributed by atoms with E-state index in [4.69, 9.17) is 5.41 Å². The van der Waals surface area contributed by atoms with Crippen LogP contribution in [0.1, 0.15) is 29.8 Å². The van der Waals surface area contributed by atoms with Gasteiger partial charge in [-0.15, -0.1) is 0 Å². The molecule has 0 aromatic heterocycles. The van der Waals surface area contributed by atoms with Crippen molar-refractivity contribution in [3.63, 3.8) is 0 Å². The third-order valence-electron chi connectivity index (χ3n) is 2.80. The molecular weight excluding hydrogens is 247 g/mol. The topological polar surface area (TPSA) is 62.2 Å². The van der Waals surface area contributed by atoms with Crippen molar-refractivity contribution in [3.8, 4) is 0 Å². The number of ether oxygens (including phenoxy) is 1. The van der Waals surface area contributed by atoms with Crippen molar-refractivity contribution < 1.29 is 13.9 Å². The number of halogens is 1. The molecule has 1 aromatic carbocycles. The van der Waals surface area contributed by atoms with Crippen molar-refractivity contribution in [3.05, 3.63) is 40.8 Å². The van der Waals surface area contributed by atoms with Gasteiger partial charge in [-0.05, 0) is 19.9 Å². The summed E-state index contributed by atoms with van der Waals surface area (Å²) in [5.74, 6) is -1.41. The van der Waals surface area contributed by atoms with Crippen LogP contribution in [0.4, 0.5) is 4.39 Å². The fourth-order valence-corrected chi connectivity index (χ4v) is 1.80. The molecule has 0 heterocycles. The van der Waals surface area contributed by atoms with Crippen LogP contribution >= 0.6 is 0 Å². The Kier molecular flexibility index (Phi) is 4.80. The van der Waals surface area contributed by atoms with E-state index in [1.807, 2.05) is 0 Å². The lowest BCUT2D eigenvalue weighted by atomic mass is 9.97. The van der Waals surface area contributed by atoms with Crippen LogP contribution < -0.4 is 5.32 Å². The molecule has 0 spiro atoms. The number of nitrogens with one attached hydrogen (secondary N) is 2. The second kappa shape index (κ2) is 6.13. The summed E-state index contributed by atoms with van der Waals surface area (Å²) in [7, 11) is 2.90. The highest BCUT2D eigenvalue weighted by molar-refractivity contribution is 6.22. The Bertz CT molecular complexity index is 550. The Balaban J connectivity index is 3.51. The van der Waals surface area contributed by atoms with Crippen LogP contribution in [0.25, 0.3) is 5.57 Å². The van der Waals surface area contributed by atoms with Crippen LogP contribution in [-0.2, 0) is 4.74 Å². The van der Waals surface area contributed by atoms with E-state index >= 15 is 0 Å². The quantitative estimate of drug-likeness (QED) is 0.649. The number of hydrogen-bond donors (Lipinski definition) is 2. The molecule has 102 valence electrons. The molecule has 0 aliphatic carbocycles. The zero-order valence-electron chi connectivity index (χ0n) is 11.4. The maximum atomic E-state index is 14.4. The van der Waals surface area contributed by atoms with E-state index in [1.54, 1.807) is 27.0 Å². The summed E-state index contributed by atoms with van der Waals surface area (Å²) in [6.45, 7) is 3.32. The van der Waals surface area contributed by atoms with Gasteiger partial charge in [0, 0.05) is 29.6 Å². The van der Waals surface area contributed by atoms with Crippen molar-refractivity contribution in [1.82, 2.24) is 5.32 Å². The van der Waals surface area contributed by atoms with Gasteiger partial charge in [-0.25, -0.2) is 9.18 Å². The van der Waals surface area contributed by atoms with Crippen molar-refractivity contribution in [2.75, 3.05) is 14.2 Å². The van der Waals surface area contributed by atoms with Crippen molar-refractivity contribution in [2.24, 2.45) is 0 Å². The minimum Gasteiger partial charge on any atom is -0.465 e. The van der Waals surface area contributed by atoms with Crippen molar-refractivity contribution in [1.29, 1.82) is 5.41 Å². The number of esters is 1. The first-order valence-corrected chi connectivity index (χ1v) is 5.75. The first-order valence-electron chi connectivity index (χ1n) is 5.75. The van der Waals surface area contributed by atoms with Crippen molar-refractivity contribution in [2.45, 2.75) is 13.8 Å². The van der Waals surface area contributed by atoms with E-state index < -0.39 is 11.8 Å². The van der Waals surface area contributed by atoms with Gasteiger partial charge < -0.3 is 15.5 Å². The molecular formula is C14H17FN2O2. The Labute approximate surface area is 111 Å². The number of methoxy groups -OCH3 is 1. The fraction of sp³-hybridized carbons (Fsp3) is 0.286. The van der Waals surface area contributed by atoms with Crippen LogP contribution in [0.15, 0.2) is 23.9 Å². The third-order valence-corrected chi connectivity index (χ3v) is 2.80. The Morgan fingerprint density at radius 2 is 1.89 bits per heavy atom. The van der Waals surface area contributed by atoms with Crippen molar-refractivity contribution >= 4 is 17.3 Å². The van der Waals surface area contributed by atoms with Gasteiger partial charge in [0.2, 0.25) is 0 Å². The van der Waals surface area contributed by atoms with Gasteiger partial charge in [0.25, 0.3) is 0 Å². The monoisotopic (exact) mass is 264 g/mol. The highest BCUT2D eigenvalue weighted by Gasteiger charge is 2.19. The van der Waals surface area contributed by atoms with E-state index in [9.17, 15) is 9.18 Å². The largest absolute Gasteiger partial charge is 0.465 e. The summed E-state index contributed by atoms with van der Waals surface area (Å²) >= 11 is 0. The van der Waals surface area contributed by atoms with E-state index in [1.165, 1.54) is 19.2 Å². The first-order chi connectivity index (χ1) is 8.93. The fourth-order valence-electron chi connectivity index (χ4n) is 1.80. The van der Waals surface area contributed by atoms with Gasteiger partial charge in [0.05, 0.1) is 12.7 Å². The van der Waals surface area contributed by atoms with Gasteiger partial charge in [-0.1, -0.05) is 12.1 Å². The molecule has 0 aliphatic rings. The second-order valence-corrected chi connectivity index (χ2v) is 4.03. The summed E-state index contributed by atoms with van der Waals surface area (Å²) < 4.78 is 18.9. The number of hydrogen-bond acceptors (Lipinski definition) is 4. The van der Waals surface area contributed by atoms with Gasteiger partial charge in [0.15, 0.2) is 0 Å². The predicted octanol–water partition coefficient (Wildman–Crippen LogP) is 2.60. The van der Waals surface area contributed by atoms with E-state index in [0.29, 0.717) is 11.3 Å². The lowest BCUT2D eigenvalue weighted by Gasteiger charge is -2.13. The molecule has 0 fully saturated rings. The van der Waals surface area contributed by atoms with Crippen LogP contribution in [0.5, 0.6) is 0 Å². The SMILES string of the molecule is CN/C(C)=C(\C(C)=N)c1cccc(C(=O)OC)c1F. The molecule has 0 aliphatic heterocycles. The highest BCUT2D eigenvalue weighted by atomic mass is 19.1. The van der Waals surface area contributed by atoms with Crippen LogP contribution in [0.2, 0.25) is 0 Å². The van der Waals surface area contributed by atoms with Crippen LogP contribution in [0, 0.1) is 11.2 Å². The second-order valence-electron chi connectivity index (χ2n) is 4.03. The van der Waals surface area contributed by atoms with Crippen LogP contribution in [0.3, 0.4) is 0 Å².